The lowest BCUT2D eigenvalue weighted by Gasteiger charge is -2.24. The SMILES string of the molecule is OCCN(Cc1ccccc1)c1ccccc1. The normalized spacial score (nSPS) is 10.2. The van der Waals surface area contributed by atoms with E-state index in [0.717, 1.165) is 12.2 Å². The molecular formula is C15H17NO. The molecule has 2 rings (SSSR count). The first kappa shape index (κ1) is 11.7. The molecule has 0 aliphatic heterocycles. The summed E-state index contributed by atoms with van der Waals surface area (Å²) in [4.78, 5) is 2.18. The van der Waals surface area contributed by atoms with Crippen LogP contribution in [0.5, 0.6) is 0 Å². The van der Waals surface area contributed by atoms with Crippen LogP contribution in [0.3, 0.4) is 0 Å². The van der Waals surface area contributed by atoms with Crippen molar-refractivity contribution < 1.29 is 5.11 Å². The lowest BCUT2D eigenvalue weighted by molar-refractivity contribution is 0.301. The molecule has 0 aliphatic carbocycles. The lowest BCUT2D eigenvalue weighted by Crippen LogP contribution is -2.25. The maximum absolute atomic E-state index is 9.13. The van der Waals surface area contributed by atoms with Gasteiger partial charge in [0.2, 0.25) is 0 Å². The van der Waals surface area contributed by atoms with E-state index in [0.29, 0.717) is 6.54 Å². The third-order valence-corrected chi connectivity index (χ3v) is 2.71. The van der Waals surface area contributed by atoms with Crippen molar-refractivity contribution in [3.63, 3.8) is 0 Å². The molecule has 2 nitrogen and oxygen atoms in total. The van der Waals surface area contributed by atoms with Crippen LogP contribution in [0.15, 0.2) is 60.7 Å². The Balaban J connectivity index is 2.13. The van der Waals surface area contributed by atoms with Gasteiger partial charge in [-0.05, 0) is 17.7 Å². The second-order valence-corrected chi connectivity index (χ2v) is 3.97. The molecule has 2 heteroatoms. The number of aliphatic hydroxyl groups is 1. The van der Waals surface area contributed by atoms with E-state index in [4.69, 9.17) is 5.11 Å². The van der Waals surface area contributed by atoms with Gasteiger partial charge in [-0.1, -0.05) is 48.5 Å². The van der Waals surface area contributed by atoms with Gasteiger partial charge in [0.15, 0.2) is 0 Å². The highest BCUT2D eigenvalue weighted by atomic mass is 16.3. The zero-order valence-electron chi connectivity index (χ0n) is 9.79. The van der Waals surface area contributed by atoms with Crippen LogP contribution in [-0.2, 0) is 6.54 Å². The Bertz CT molecular complexity index is 427. The van der Waals surface area contributed by atoms with Crippen LogP contribution in [0.25, 0.3) is 0 Å². The fraction of sp³-hybridized carbons (Fsp3) is 0.200. The molecule has 88 valence electrons. The van der Waals surface area contributed by atoms with E-state index in [9.17, 15) is 0 Å². The van der Waals surface area contributed by atoms with Gasteiger partial charge in [0.25, 0.3) is 0 Å². The van der Waals surface area contributed by atoms with Gasteiger partial charge in [-0.25, -0.2) is 0 Å². The maximum atomic E-state index is 9.13. The highest BCUT2D eigenvalue weighted by Gasteiger charge is 2.05. The molecule has 0 heterocycles. The van der Waals surface area contributed by atoms with Gasteiger partial charge < -0.3 is 10.0 Å². The zero-order valence-corrected chi connectivity index (χ0v) is 9.79. The monoisotopic (exact) mass is 227 g/mol. The number of hydrogen-bond acceptors (Lipinski definition) is 2. The summed E-state index contributed by atoms with van der Waals surface area (Å²) in [6, 6.07) is 20.5. The molecule has 2 aromatic rings. The topological polar surface area (TPSA) is 23.5 Å². The summed E-state index contributed by atoms with van der Waals surface area (Å²) in [6.45, 7) is 1.64. The second-order valence-electron chi connectivity index (χ2n) is 3.97. The fourth-order valence-electron chi connectivity index (χ4n) is 1.86. The van der Waals surface area contributed by atoms with Gasteiger partial charge in [0.1, 0.15) is 0 Å². The van der Waals surface area contributed by atoms with Crippen LogP contribution in [0.2, 0.25) is 0 Å². The Morgan fingerprint density at radius 3 is 2.00 bits per heavy atom. The van der Waals surface area contributed by atoms with E-state index in [1.165, 1.54) is 5.56 Å². The Morgan fingerprint density at radius 1 is 0.824 bits per heavy atom. The minimum Gasteiger partial charge on any atom is -0.395 e. The first-order valence-electron chi connectivity index (χ1n) is 5.85. The zero-order chi connectivity index (χ0) is 11.9. The van der Waals surface area contributed by atoms with Crippen molar-refractivity contribution in [2.45, 2.75) is 6.54 Å². The maximum Gasteiger partial charge on any atom is 0.0606 e. The summed E-state index contributed by atoms with van der Waals surface area (Å²) in [7, 11) is 0. The van der Waals surface area contributed by atoms with Crippen molar-refractivity contribution in [2.24, 2.45) is 0 Å². The number of anilines is 1. The van der Waals surface area contributed by atoms with E-state index in [-0.39, 0.29) is 6.61 Å². The summed E-state index contributed by atoms with van der Waals surface area (Å²) in [5.41, 5.74) is 2.40. The van der Waals surface area contributed by atoms with Gasteiger partial charge in [-0.2, -0.15) is 0 Å². The summed E-state index contributed by atoms with van der Waals surface area (Å²) in [5.74, 6) is 0. The molecule has 0 amide bonds. The molecule has 0 atom stereocenters. The lowest BCUT2D eigenvalue weighted by atomic mass is 10.2. The highest BCUT2D eigenvalue weighted by molar-refractivity contribution is 5.46. The number of para-hydroxylation sites is 1. The fourth-order valence-corrected chi connectivity index (χ4v) is 1.86. The predicted molar refractivity (Wildman–Crippen MR) is 71.0 cm³/mol. The number of benzene rings is 2. The number of nitrogens with zero attached hydrogens (tertiary/aromatic N) is 1. The molecule has 0 unspecified atom stereocenters. The summed E-state index contributed by atoms with van der Waals surface area (Å²) in [6.07, 6.45) is 0. The third-order valence-electron chi connectivity index (χ3n) is 2.71. The number of rotatable bonds is 5. The minimum absolute atomic E-state index is 0.168. The molecule has 0 saturated carbocycles. The molecule has 17 heavy (non-hydrogen) atoms. The van der Waals surface area contributed by atoms with Crippen molar-refractivity contribution in [1.82, 2.24) is 0 Å². The molecule has 0 spiro atoms. The minimum atomic E-state index is 0.168. The van der Waals surface area contributed by atoms with Crippen LogP contribution in [0, 0.1) is 0 Å². The van der Waals surface area contributed by atoms with Crippen molar-refractivity contribution in [3.8, 4) is 0 Å². The van der Waals surface area contributed by atoms with E-state index < -0.39 is 0 Å². The standard InChI is InChI=1S/C15H17NO/c17-12-11-16(15-9-5-2-6-10-15)13-14-7-3-1-4-8-14/h1-10,17H,11-13H2. The van der Waals surface area contributed by atoms with Gasteiger partial charge in [-0.15, -0.1) is 0 Å². The van der Waals surface area contributed by atoms with Crippen molar-refractivity contribution in [2.75, 3.05) is 18.1 Å². The van der Waals surface area contributed by atoms with Crippen LogP contribution in [-0.4, -0.2) is 18.3 Å². The Kier molecular flexibility index (Phi) is 4.17. The average Bonchev–Trinajstić information content (AvgIpc) is 2.40. The van der Waals surface area contributed by atoms with E-state index >= 15 is 0 Å². The van der Waals surface area contributed by atoms with E-state index in [1.807, 2.05) is 36.4 Å². The Hall–Kier alpha value is -1.80. The highest BCUT2D eigenvalue weighted by Crippen LogP contribution is 2.16. The van der Waals surface area contributed by atoms with Crippen molar-refractivity contribution >= 4 is 5.69 Å². The molecule has 2 aromatic carbocycles. The van der Waals surface area contributed by atoms with Crippen molar-refractivity contribution in [1.29, 1.82) is 0 Å². The smallest absolute Gasteiger partial charge is 0.0606 e. The molecule has 0 radical (unpaired) electrons. The second kappa shape index (κ2) is 6.06. The summed E-state index contributed by atoms with van der Waals surface area (Å²) < 4.78 is 0. The molecule has 0 fully saturated rings. The largest absolute Gasteiger partial charge is 0.395 e. The van der Waals surface area contributed by atoms with E-state index in [2.05, 4.69) is 29.2 Å². The molecule has 0 aliphatic rings. The molecular weight excluding hydrogens is 210 g/mol. The molecule has 0 saturated heterocycles. The van der Waals surface area contributed by atoms with Gasteiger partial charge in [0, 0.05) is 18.8 Å². The Morgan fingerprint density at radius 2 is 1.41 bits per heavy atom. The summed E-state index contributed by atoms with van der Waals surface area (Å²) in [5, 5.41) is 9.13. The van der Waals surface area contributed by atoms with Gasteiger partial charge in [0.05, 0.1) is 6.61 Å². The van der Waals surface area contributed by atoms with Crippen LogP contribution in [0.1, 0.15) is 5.56 Å². The molecule has 0 aromatic heterocycles. The quantitative estimate of drug-likeness (QED) is 0.849. The summed E-state index contributed by atoms with van der Waals surface area (Å²) >= 11 is 0. The molecule has 0 bridgehead atoms. The first-order valence-corrected chi connectivity index (χ1v) is 5.85. The van der Waals surface area contributed by atoms with Crippen LogP contribution < -0.4 is 4.90 Å². The van der Waals surface area contributed by atoms with E-state index in [1.54, 1.807) is 0 Å². The van der Waals surface area contributed by atoms with Crippen LogP contribution >= 0.6 is 0 Å². The van der Waals surface area contributed by atoms with Crippen LogP contribution in [0.4, 0.5) is 5.69 Å². The van der Waals surface area contributed by atoms with Crippen molar-refractivity contribution in [3.05, 3.63) is 66.2 Å². The predicted octanol–water partition coefficient (Wildman–Crippen LogP) is 2.69. The first-order chi connectivity index (χ1) is 8.40. The average molecular weight is 227 g/mol. The Labute approximate surface area is 102 Å². The molecule has 1 N–H and O–H groups in total. The van der Waals surface area contributed by atoms with Gasteiger partial charge >= 0.3 is 0 Å². The number of hydrogen-bond donors (Lipinski definition) is 1. The van der Waals surface area contributed by atoms with Gasteiger partial charge in [-0.3, -0.25) is 0 Å². The third kappa shape index (κ3) is 3.33. The number of aliphatic hydroxyl groups excluding tert-OH is 1.